The molecule has 0 bridgehead atoms. The Kier molecular flexibility index (Phi) is 26.9. The van der Waals surface area contributed by atoms with E-state index in [0.717, 1.165) is 31.0 Å². The summed E-state index contributed by atoms with van der Waals surface area (Å²) < 4.78 is 0. The van der Waals surface area contributed by atoms with Crippen LogP contribution in [0.3, 0.4) is 0 Å². The second-order valence-corrected chi connectivity index (χ2v) is 12.8. The molecule has 1 nitrogen and oxygen atoms in total. The first-order valence-electron chi connectivity index (χ1n) is 17.8. The lowest BCUT2D eigenvalue weighted by Crippen LogP contribution is -1.87. The van der Waals surface area contributed by atoms with Crippen molar-refractivity contribution < 1.29 is 4.79 Å². The molecule has 1 aliphatic rings. The van der Waals surface area contributed by atoms with Gasteiger partial charge in [-0.05, 0) is 24.7 Å². The van der Waals surface area contributed by atoms with Gasteiger partial charge in [0.2, 0.25) is 0 Å². The van der Waals surface area contributed by atoms with Crippen molar-refractivity contribution in [2.24, 2.45) is 11.8 Å². The van der Waals surface area contributed by atoms with Gasteiger partial charge >= 0.3 is 0 Å². The molecule has 1 saturated carbocycles. The number of hydrogen-bond acceptors (Lipinski definition) is 1. The SMILES string of the molecule is CCCCCCCCCCCCCCCCCCCC[C@@H]1C[C@@H]1CCCCCCCCCCCCC=O. The van der Waals surface area contributed by atoms with Crippen LogP contribution < -0.4 is 0 Å². The van der Waals surface area contributed by atoms with Gasteiger partial charge in [0.15, 0.2) is 0 Å². The van der Waals surface area contributed by atoms with E-state index in [1.54, 1.807) is 6.42 Å². The van der Waals surface area contributed by atoms with E-state index in [0.29, 0.717) is 0 Å². The molecule has 0 amide bonds. The van der Waals surface area contributed by atoms with Gasteiger partial charge in [-0.15, -0.1) is 0 Å². The number of rotatable bonds is 32. The molecule has 0 heterocycles. The summed E-state index contributed by atoms with van der Waals surface area (Å²) in [7, 11) is 0. The van der Waals surface area contributed by atoms with Crippen molar-refractivity contribution in [3.8, 4) is 0 Å². The minimum absolute atomic E-state index is 0.765. The third-order valence-electron chi connectivity index (χ3n) is 9.14. The number of unbranched alkanes of at least 4 members (excludes halogenated alkanes) is 27. The summed E-state index contributed by atoms with van der Waals surface area (Å²) in [5, 5.41) is 0. The largest absolute Gasteiger partial charge is 0.303 e. The van der Waals surface area contributed by atoms with Crippen LogP contribution in [0.1, 0.15) is 212 Å². The molecule has 0 N–H and O–H groups in total. The monoisotopic (exact) mass is 519 g/mol. The zero-order chi connectivity index (χ0) is 26.5. The lowest BCUT2D eigenvalue weighted by Gasteiger charge is -2.04. The van der Waals surface area contributed by atoms with Crippen LogP contribution in [0.2, 0.25) is 0 Å². The summed E-state index contributed by atoms with van der Waals surface area (Å²) in [6, 6.07) is 0. The highest BCUT2D eigenvalue weighted by Crippen LogP contribution is 2.45. The molecule has 0 saturated heterocycles. The molecule has 1 rings (SSSR count). The lowest BCUT2D eigenvalue weighted by molar-refractivity contribution is -0.107. The van der Waals surface area contributed by atoms with E-state index >= 15 is 0 Å². The highest BCUT2D eigenvalue weighted by atomic mass is 16.1. The highest BCUT2D eigenvalue weighted by Gasteiger charge is 2.34. The minimum Gasteiger partial charge on any atom is -0.303 e. The van der Waals surface area contributed by atoms with Gasteiger partial charge in [-0.1, -0.05) is 193 Å². The normalized spacial score (nSPS) is 16.9. The summed E-state index contributed by atoms with van der Waals surface area (Å²) >= 11 is 0. The van der Waals surface area contributed by atoms with Crippen LogP contribution in [0, 0.1) is 11.8 Å². The van der Waals surface area contributed by atoms with E-state index in [9.17, 15) is 4.79 Å². The number of carbonyl (C=O) groups excluding carboxylic acids is 1. The van der Waals surface area contributed by atoms with Gasteiger partial charge < -0.3 is 4.79 Å². The van der Waals surface area contributed by atoms with E-state index in [-0.39, 0.29) is 0 Å². The molecule has 0 aliphatic heterocycles. The van der Waals surface area contributed by atoms with E-state index in [4.69, 9.17) is 0 Å². The Bertz CT molecular complexity index is 444. The standard InChI is InChI=1S/C36H70O/c1-2-3-4-5-6-7-8-9-10-11-12-13-14-16-19-22-25-28-31-35-34-36(35)32-29-26-23-20-17-15-18-21-24-27-30-33-37/h33,35-36H,2-32,34H2,1H3/t35-,36+/m1/s1. The van der Waals surface area contributed by atoms with Gasteiger partial charge in [0, 0.05) is 6.42 Å². The summed E-state index contributed by atoms with van der Waals surface area (Å²) in [5.41, 5.74) is 0. The van der Waals surface area contributed by atoms with Crippen LogP contribution >= 0.6 is 0 Å². The third-order valence-corrected chi connectivity index (χ3v) is 9.14. The second-order valence-electron chi connectivity index (χ2n) is 12.8. The predicted octanol–water partition coefficient (Wildman–Crippen LogP) is 12.9. The van der Waals surface area contributed by atoms with Crippen molar-refractivity contribution in [1.29, 1.82) is 0 Å². The summed E-state index contributed by atoms with van der Waals surface area (Å²) in [6.07, 6.45) is 46.8. The van der Waals surface area contributed by atoms with E-state index in [1.807, 2.05) is 0 Å². The molecule has 1 heteroatoms. The van der Waals surface area contributed by atoms with Gasteiger partial charge in [-0.3, -0.25) is 0 Å². The minimum atomic E-state index is 0.765. The summed E-state index contributed by atoms with van der Waals surface area (Å²) in [4.78, 5) is 10.3. The molecule has 37 heavy (non-hydrogen) atoms. The van der Waals surface area contributed by atoms with Crippen molar-refractivity contribution in [1.82, 2.24) is 0 Å². The number of hydrogen-bond donors (Lipinski definition) is 0. The molecule has 0 unspecified atom stereocenters. The summed E-state index contributed by atoms with van der Waals surface area (Å²) in [5.74, 6) is 2.22. The molecule has 0 radical (unpaired) electrons. The highest BCUT2D eigenvalue weighted by molar-refractivity contribution is 5.48. The van der Waals surface area contributed by atoms with Crippen molar-refractivity contribution in [3.63, 3.8) is 0 Å². The van der Waals surface area contributed by atoms with Crippen LogP contribution in [0.4, 0.5) is 0 Å². The fraction of sp³-hybridized carbons (Fsp3) is 0.972. The Labute approximate surface area is 235 Å². The van der Waals surface area contributed by atoms with E-state index < -0.39 is 0 Å². The Hall–Kier alpha value is -0.330. The average Bonchev–Trinajstić information content (AvgIpc) is 3.66. The second kappa shape index (κ2) is 28.7. The Morgan fingerprint density at radius 2 is 0.676 bits per heavy atom. The van der Waals surface area contributed by atoms with Crippen molar-refractivity contribution in [2.45, 2.75) is 212 Å². The average molecular weight is 519 g/mol. The molecule has 0 aromatic heterocycles. The fourth-order valence-corrected chi connectivity index (χ4v) is 6.37. The van der Waals surface area contributed by atoms with E-state index in [2.05, 4.69) is 6.92 Å². The molecule has 220 valence electrons. The first-order valence-corrected chi connectivity index (χ1v) is 17.8. The van der Waals surface area contributed by atoms with Crippen LogP contribution in [0.15, 0.2) is 0 Å². The molecule has 0 spiro atoms. The smallest absolute Gasteiger partial charge is 0.119 e. The summed E-state index contributed by atoms with van der Waals surface area (Å²) in [6.45, 7) is 2.31. The Morgan fingerprint density at radius 3 is 0.973 bits per heavy atom. The topological polar surface area (TPSA) is 17.1 Å². The molecular weight excluding hydrogens is 448 g/mol. The molecule has 0 aromatic rings. The number of aldehydes is 1. The third kappa shape index (κ3) is 25.7. The van der Waals surface area contributed by atoms with E-state index in [1.165, 1.54) is 186 Å². The first kappa shape index (κ1) is 34.7. The van der Waals surface area contributed by atoms with Crippen molar-refractivity contribution in [2.75, 3.05) is 0 Å². The van der Waals surface area contributed by atoms with Gasteiger partial charge in [0.05, 0.1) is 0 Å². The molecule has 0 aromatic carbocycles. The lowest BCUT2D eigenvalue weighted by atomic mass is 10.0. The molecule has 1 aliphatic carbocycles. The zero-order valence-electron chi connectivity index (χ0n) is 25.8. The fourth-order valence-electron chi connectivity index (χ4n) is 6.37. The number of carbonyl (C=O) groups is 1. The molecule has 2 atom stereocenters. The van der Waals surface area contributed by atoms with Crippen LogP contribution in [-0.2, 0) is 4.79 Å². The molecule has 1 fully saturated rings. The maximum absolute atomic E-state index is 10.3. The maximum Gasteiger partial charge on any atom is 0.119 e. The predicted molar refractivity (Wildman–Crippen MR) is 166 cm³/mol. The van der Waals surface area contributed by atoms with Gasteiger partial charge in [0.1, 0.15) is 6.29 Å². The Balaban J connectivity index is 1.67. The van der Waals surface area contributed by atoms with Gasteiger partial charge in [0.25, 0.3) is 0 Å². The zero-order valence-corrected chi connectivity index (χ0v) is 25.8. The van der Waals surface area contributed by atoms with Gasteiger partial charge in [-0.25, -0.2) is 0 Å². The maximum atomic E-state index is 10.3. The van der Waals surface area contributed by atoms with Crippen LogP contribution in [0.25, 0.3) is 0 Å². The first-order chi connectivity index (χ1) is 18.4. The Morgan fingerprint density at radius 1 is 0.405 bits per heavy atom. The molecular formula is C36H70O. The quantitative estimate of drug-likeness (QED) is 0.0639. The van der Waals surface area contributed by atoms with Crippen molar-refractivity contribution in [3.05, 3.63) is 0 Å². The van der Waals surface area contributed by atoms with Crippen molar-refractivity contribution >= 4 is 6.29 Å². The van der Waals surface area contributed by atoms with Crippen LogP contribution in [0.5, 0.6) is 0 Å². The van der Waals surface area contributed by atoms with Gasteiger partial charge in [-0.2, -0.15) is 0 Å². The van der Waals surface area contributed by atoms with Crippen LogP contribution in [-0.4, -0.2) is 6.29 Å².